The molecule has 0 atom stereocenters. The molecule has 1 aromatic heterocycles. The van der Waals surface area contributed by atoms with E-state index in [4.69, 9.17) is 5.14 Å². The SMILES string of the molecule is C=Cc1c(Nc2ccc(C(F)(F)F)cn2)ccc(C)c1S(N)(=O)=O. The minimum absolute atomic E-state index is 0.102. The van der Waals surface area contributed by atoms with Crippen LogP contribution in [-0.4, -0.2) is 13.4 Å². The number of rotatable bonds is 4. The number of hydrogen-bond donors (Lipinski definition) is 2. The molecule has 0 bridgehead atoms. The van der Waals surface area contributed by atoms with E-state index >= 15 is 0 Å². The van der Waals surface area contributed by atoms with Gasteiger partial charge in [0.15, 0.2) is 0 Å². The topological polar surface area (TPSA) is 85.1 Å². The second-order valence-corrected chi connectivity index (χ2v) is 6.48. The molecule has 0 radical (unpaired) electrons. The Kier molecular flexibility index (Phi) is 4.68. The van der Waals surface area contributed by atoms with E-state index in [9.17, 15) is 21.6 Å². The second kappa shape index (κ2) is 6.25. The van der Waals surface area contributed by atoms with Crippen molar-refractivity contribution < 1.29 is 21.6 Å². The first kappa shape index (κ1) is 18.0. The zero-order valence-electron chi connectivity index (χ0n) is 12.6. The standard InChI is InChI=1S/C15H14F3N3O2S/c1-3-11-12(6-4-9(2)14(11)24(19,22)23)21-13-7-5-10(8-20-13)15(16,17)18/h3-8H,1H2,2H3,(H,20,21)(H2,19,22,23). The molecule has 0 saturated heterocycles. The number of hydrogen-bond acceptors (Lipinski definition) is 4. The lowest BCUT2D eigenvalue weighted by Crippen LogP contribution is -2.16. The van der Waals surface area contributed by atoms with Gasteiger partial charge in [-0.05, 0) is 30.7 Å². The minimum atomic E-state index is -4.48. The van der Waals surface area contributed by atoms with Gasteiger partial charge < -0.3 is 5.32 Å². The summed E-state index contributed by atoms with van der Waals surface area (Å²) < 4.78 is 61.1. The number of nitrogens with one attached hydrogen (secondary N) is 1. The third-order valence-electron chi connectivity index (χ3n) is 3.24. The van der Waals surface area contributed by atoms with Crippen molar-refractivity contribution in [1.29, 1.82) is 0 Å². The maximum Gasteiger partial charge on any atom is 0.417 e. The molecule has 128 valence electrons. The number of halogens is 3. The van der Waals surface area contributed by atoms with Gasteiger partial charge in [-0.1, -0.05) is 18.7 Å². The van der Waals surface area contributed by atoms with Crippen LogP contribution in [0.3, 0.4) is 0 Å². The number of alkyl halides is 3. The number of benzene rings is 1. The van der Waals surface area contributed by atoms with Gasteiger partial charge in [0.2, 0.25) is 10.0 Å². The molecule has 0 aliphatic rings. The van der Waals surface area contributed by atoms with E-state index in [1.807, 2.05) is 0 Å². The number of aromatic nitrogens is 1. The number of pyridine rings is 1. The van der Waals surface area contributed by atoms with E-state index in [1.165, 1.54) is 12.1 Å². The molecule has 2 rings (SSSR count). The van der Waals surface area contributed by atoms with E-state index in [2.05, 4.69) is 16.9 Å². The molecule has 0 saturated carbocycles. The summed E-state index contributed by atoms with van der Waals surface area (Å²) in [7, 11) is -4.00. The Labute approximate surface area is 137 Å². The predicted octanol–water partition coefficient (Wildman–Crippen LogP) is 3.44. The Morgan fingerprint density at radius 3 is 2.38 bits per heavy atom. The number of aryl methyl sites for hydroxylation is 1. The van der Waals surface area contributed by atoms with Crippen LogP contribution in [0.1, 0.15) is 16.7 Å². The van der Waals surface area contributed by atoms with Crippen LogP contribution in [0.5, 0.6) is 0 Å². The molecule has 9 heteroatoms. The van der Waals surface area contributed by atoms with Crippen LogP contribution in [0.2, 0.25) is 0 Å². The van der Waals surface area contributed by atoms with Crippen molar-refractivity contribution in [3.8, 4) is 0 Å². The number of primary sulfonamides is 1. The fourth-order valence-corrected chi connectivity index (χ4v) is 3.19. The molecule has 0 fully saturated rings. The lowest BCUT2D eigenvalue weighted by molar-refractivity contribution is -0.137. The molecule has 3 N–H and O–H groups in total. The lowest BCUT2D eigenvalue weighted by atomic mass is 10.1. The van der Waals surface area contributed by atoms with Crippen LogP contribution in [0, 0.1) is 6.92 Å². The monoisotopic (exact) mass is 357 g/mol. The maximum atomic E-state index is 12.5. The Morgan fingerprint density at radius 2 is 1.92 bits per heavy atom. The van der Waals surface area contributed by atoms with Gasteiger partial charge in [0.25, 0.3) is 0 Å². The highest BCUT2D eigenvalue weighted by molar-refractivity contribution is 7.89. The van der Waals surface area contributed by atoms with Gasteiger partial charge in [-0.15, -0.1) is 0 Å². The Hall–Kier alpha value is -2.39. The van der Waals surface area contributed by atoms with Crippen LogP contribution in [-0.2, 0) is 16.2 Å². The van der Waals surface area contributed by atoms with Gasteiger partial charge in [-0.3, -0.25) is 0 Å². The first-order valence-corrected chi connectivity index (χ1v) is 8.18. The predicted molar refractivity (Wildman–Crippen MR) is 85.2 cm³/mol. The van der Waals surface area contributed by atoms with Gasteiger partial charge in [0.05, 0.1) is 10.5 Å². The number of anilines is 2. The molecule has 0 aliphatic heterocycles. The van der Waals surface area contributed by atoms with E-state index in [0.29, 0.717) is 17.4 Å². The Bertz CT molecular complexity index is 876. The highest BCUT2D eigenvalue weighted by Crippen LogP contribution is 2.31. The molecule has 1 aromatic carbocycles. The van der Waals surface area contributed by atoms with Gasteiger partial charge in [0, 0.05) is 17.4 Å². The highest BCUT2D eigenvalue weighted by atomic mass is 32.2. The third kappa shape index (κ3) is 3.74. The average Bonchev–Trinajstić information content (AvgIpc) is 2.47. The summed E-state index contributed by atoms with van der Waals surface area (Å²) in [5, 5.41) is 7.99. The summed E-state index contributed by atoms with van der Waals surface area (Å²) >= 11 is 0. The van der Waals surface area contributed by atoms with E-state index < -0.39 is 21.8 Å². The molecule has 0 spiro atoms. The van der Waals surface area contributed by atoms with Crippen molar-refractivity contribution >= 4 is 27.6 Å². The van der Waals surface area contributed by atoms with Crippen LogP contribution in [0.25, 0.3) is 6.08 Å². The highest BCUT2D eigenvalue weighted by Gasteiger charge is 2.30. The van der Waals surface area contributed by atoms with Gasteiger partial charge in [-0.25, -0.2) is 18.5 Å². The molecule has 0 aliphatic carbocycles. The van der Waals surface area contributed by atoms with Crippen LogP contribution in [0.4, 0.5) is 24.7 Å². The average molecular weight is 357 g/mol. The van der Waals surface area contributed by atoms with Crippen molar-refractivity contribution in [3.05, 3.63) is 53.7 Å². The van der Waals surface area contributed by atoms with Crippen LogP contribution >= 0.6 is 0 Å². The molecule has 0 unspecified atom stereocenters. The molecule has 5 nitrogen and oxygen atoms in total. The van der Waals surface area contributed by atoms with Crippen LogP contribution < -0.4 is 10.5 Å². The van der Waals surface area contributed by atoms with Crippen molar-refractivity contribution in [2.75, 3.05) is 5.32 Å². The van der Waals surface area contributed by atoms with Gasteiger partial charge in [0.1, 0.15) is 5.82 Å². The zero-order valence-corrected chi connectivity index (χ0v) is 13.4. The fraction of sp³-hybridized carbons (Fsp3) is 0.133. The summed E-state index contributed by atoms with van der Waals surface area (Å²) in [6, 6.07) is 5.11. The first-order chi connectivity index (χ1) is 11.0. The van der Waals surface area contributed by atoms with Crippen molar-refractivity contribution in [2.45, 2.75) is 18.0 Å². The smallest absolute Gasteiger partial charge is 0.340 e. The first-order valence-electron chi connectivity index (χ1n) is 6.63. The number of sulfonamides is 1. The summed E-state index contributed by atoms with van der Waals surface area (Å²) in [5.41, 5.74) is 0.0792. The van der Waals surface area contributed by atoms with E-state index in [0.717, 1.165) is 12.1 Å². The number of nitrogens with two attached hydrogens (primary N) is 1. The molecule has 1 heterocycles. The summed E-state index contributed by atoms with van der Waals surface area (Å²) in [6.45, 7) is 5.14. The van der Waals surface area contributed by atoms with Crippen molar-refractivity contribution in [2.24, 2.45) is 5.14 Å². The molecular formula is C15H14F3N3O2S. The zero-order chi connectivity index (χ0) is 18.1. The minimum Gasteiger partial charge on any atom is -0.340 e. The number of nitrogens with zero attached hydrogens (tertiary/aromatic N) is 1. The fourth-order valence-electron chi connectivity index (χ4n) is 2.17. The largest absolute Gasteiger partial charge is 0.417 e. The molecule has 2 aromatic rings. The second-order valence-electron chi connectivity index (χ2n) is 4.98. The summed E-state index contributed by atoms with van der Waals surface area (Å²) in [4.78, 5) is 3.58. The molecular weight excluding hydrogens is 343 g/mol. The summed E-state index contributed by atoms with van der Waals surface area (Å²) in [6.07, 6.45) is -2.49. The third-order valence-corrected chi connectivity index (χ3v) is 4.35. The maximum absolute atomic E-state index is 12.5. The van der Waals surface area contributed by atoms with Crippen molar-refractivity contribution in [3.63, 3.8) is 0 Å². The van der Waals surface area contributed by atoms with E-state index in [-0.39, 0.29) is 16.3 Å². The van der Waals surface area contributed by atoms with Crippen LogP contribution in [0.15, 0.2) is 41.9 Å². The van der Waals surface area contributed by atoms with Crippen molar-refractivity contribution in [1.82, 2.24) is 4.98 Å². The van der Waals surface area contributed by atoms with Gasteiger partial charge >= 0.3 is 6.18 Å². The van der Waals surface area contributed by atoms with E-state index in [1.54, 1.807) is 13.0 Å². The summed E-state index contributed by atoms with van der Waals surface area (Å²) in [5.74, 6) is 0.121. The normalized spacial score (nSPS) is 12.0. The Morgan fingerprint density at radius 1 is 1.25 bits per heavy atom. The molecule has 0 amide bonds. The molecule has 24 heavy (non-hydrogen) atoms. The lowest BCUT2D eigenvalue weighted by Gasteiger charge is -2.15. The van der Waals surface area contributed by atoms with Gasteiger partial charge in [-0.2, -0.15) is 13.2 Å². The quantitative estimate of drug-likeness (QED) is 0.878. The Balaban J connectivity index is 2.46.